The first-order chi connectivity index (χ1) is 15.3. The number of hydrogen-bond donors (Lipinski definition) is 1. The van der Waals surface area contributed by atoms with Gasteiger partial charge in [-0.3, -0.25) is 14.2 Å². The number of rotatable bonds is 6. The van der Waals surface area contributed by atoms with Crippen LogP contribution in [0.4, 0.5) is 14.5 Å². The Labute approximate surface area is 191 Å². The summed E-state index contributed by atoms with van der Waals surface area (Å²) in [4.78, 5) is 30.1. The van der Waals surface area contributed by atoms with Gasteiger partial charge in [0.1, 0.15) is 16.3 Å². The molecule has 0 aliphatic heterocycles. The maximum Gasteiger partial charge on any atom is 0.276 e. The Bertz CT molecular complexity index is 1340. The lowest BCUT2D eigenvalue weighted by Gasteiger charge is -2.13. The monoisotopic (exact) mass is 471 g/mol. The zero-order chi connectivity index (χ0) is 22.8. The number of hydrogen-bond acceptors (Lipinski definition) is 5. The Morgan fingerprint density at radius 2 is 1.91 bits per heavy atom. The van der Waals surface area contributed by atoms with Crippen LogP contribution in [0.1, 0.15) is 25.3 Å². The molecule has 0 saturated carbocycles. The van der Waals surface area contributed by atoms with E-state index in [1.807, 2.05) is 18.2 Å². The topological polar surface area (TPSA) is 64.0 Å². The number of anilines is 1. The predicted molar refractivity (Wildman–Crippen MR) is 125 cm³/mol. The van der Waals surface area contributed by atoms with E-state index in [-0.39, 0.29) is 22.5 Å². The Balaban J connectivity index is 1.63. The number of amides is 1. The largest absolute Gasteiger partial charge is 0.325 e. The Morgan fingerprint density at radius 3 is 2.62 bits per heavy atom. The van der Waals surface area contributed by atoms with Crippen LogP contribution < -0.4 is 10.9 Å². The molecule has 2 heterocycles. The van der Waals surface area contributed by atoms with E-state index in [0.29, 0.717) is 21.8 Å². The highest BCUT2D eigenvalue weighted by Gasteiger charge is 2.17. The van der Waals surface area contributed by atoms with Gasteiger partial charge in [-0.05, 0) is 47.2 Å². The van der Waals surface area contributed by atoms with Crippen molar-refractivity contribution >= 4 is 44.9 Å². The Kier molecular flexibility index (Phi) is 6.38. The highest BCUT2D eigenvalue weighted by molar-refractivity contribution is 7.99. The minimum Gasteiger partial charge on any atom is -0.325 e. The number of thiophene rings is 1. The van der Waals surface area contributed by atoms with E-state index in [9.17, 15) is 18.4 Å². The molecule has 0 aliphatic carbocycles. The molecule has 4 aromatic rings. The third-order valence-electron chi connectivity index (χ3n) is 4.72. The highest BCUT2D eigenvalue weighted by Crippen LogP contribution is 2.25. The smallest absolute Gasteiger partial charge is 0.276 e. The summed E-state index contributed by atoms with van der Waals surface area (Å²) >= 11 is 2.22. The van der Waals surface area contributed by atoms with E-state index in [0.717, 1.165) is 40.1 Å². The molecule has 0 aliphatic rings. The molecule has 2 aromatic heterocycles. The standard InChI is InChI=1S/C23H19F2N3O2S2/c1-13(2)14-4-3-5-17(8-14)26-20(29)12-32-23-27-19-6-7-31-21(19)22(30)28(23)18-10-15(24)9-16(25)11-18/h3-11,13H,12H2,1-2H3,(H,26,29). The lowest BCUT2D eigenvalue weighted by Crippen LogP contribution is -2.22. The minimum atomic E-state index is -0.808. The van der Waals surface area contributed by atoms with Crippen LogP contribution in [0.2, 0.25) is 0 Å². The van der Waals surface area contributed by atoms with Gasteiger partial charge in [-0.25, -0.2) is 13.8 Å². The predicted octanol–water partition coefficient (Wildman–Crippen LogP) is 5.58. The first-order valence-electron chi connectivity index (χ1n) is 9.81. The van der Waals surface area contributed by atoms with Gasteiger partial charge in [-0.15, -0.1) is 11.3 Å². The second-order valence-corrected chi connectivity index (χ2v) is 9.27. The molecule has 0 radical (unpaired) electrons. The molecule has 0 fully saturated rings. The maximum absolute atomic E-state index is 13.8. The van der Waals surface area contributed by atoms with Crippen molar-refractivity contribution in [2.45, 2.75) is 24.9 Å². The van der Waals surface area contributed by atoms with Crippen molar-refractivity contribution in [1.82, 2.24) is 9.55 Å². The van der Waals surface area contributed by atoms with Gasteiger partial charge in [-0.2, -0.15) is 0 Å². The second kappa shape index (κ2) is 9.22. The normalized spacial score (nSPS) is 11.3. The van der Waals surface area contributed by atoms with Crippen LogP contribution in [-0.4, -0.2) is 21.2 Å². The van der Waals surface area contributed by atoms with Crippen molar-refractivity contribution in [2.24, 2.45) is 0 Å². The summed E-state index contributed by atoms with van der Waals surface area (Å²) in [6, 6.07) is 12.1. The maximum atomic E-state index is 13.8. The number of carbonyl (C=O) groups excluding carboxylic acids is 1. The summed E-state index contributed by atoms with van der Waals surface area (Å²) < 4.78 is 29.2. The molecule has 32 heavy (non-hydrogen) atoms. The Morgan fingerprint density at radius 1 is 1.16 bits per heavy atom. The number of fused-ring (bicyclic) bond motifs is 1. The number of nitrogens with one attached hydrogen (secondary N) is 1. The van der Waals surface area contributed by atoms with Gasteiger partial charge in [0.15, 0.2) is 5.16 Å². The Hall–Kier alpha value is -3.04. The van der Waals surface area contributed by atoms with Crippen molar-refractivity contribution in [3.63, 3.8) is 0 Å². The molecule has 0 atom stereocenters. The van der Waals surface area contributed by atoms with E-state index < -0.39 is 17.2 Å². The van der Waals surface area contributed by atoms with Crippen LogP contribution in [0.25, 0.3) is 15.9 Å². The molecule has 5 nitrogen and oxygen atoms in total. The van der Waals surface area contributed by atoms with Gasteiger partial charge in [0.2, 0.25) is 5.91 Å². The van der Waals surface area contributed by atoms with Crippen molar-refractivity contribution in [2.75, 3.05) is 11.1 Å². The zero-order valence-electron chi connectivity index (χ0n) is 17.3. The van der Waals surface area contributed by atoms with Gasteiger partial charge in [0.25, 0.3) is 5.56 Å². The van der Waals surface area contributed by atoms with Crippen LogP contribution in [-0.2, 0) is 4.79 Å². The van der Waals surface area contributed by atoms with E-state index in [1.165, 1.54) is 11.3 Å². The number of halogens is 2. The van der Waals surface area contributed by atoms with Gasteiger partial charge in [-0.1, -0.05) is 37.7 Å². The molecular formula is C23H19F2N3O2S2. The van der Waals surface area contributed by atoms with E-state index >= 15 is 0 Å². The van der Waals surface area contributed by atoms with Gasteiger partial charge in [0, 0.05) is 11.8 Å². The molecule has 4 rings (SSSR count). The lowest BCUT2D eigenvalue weighted by molar-refractivity contribution is -0.113. The number of nitrogens with zero attached hydrogens (tertiary/aromatic N) is 2. The first kappa shape index (κ1) is 22.2. The van der Waals surface area contributed by atoms with Crippen LogP contribution >= 0.6 is 23.1 Å². The number of aromatic nitrogens is 2. The molecule has 1 amide bonds. The van der Waals surface area contributed by atoms with Gasteiger partial charge in [0.05, 0.1) is 17.0 Å². The fraction of sp³-hybridized carbons (Fsp3) is 0.174. The summed E-state index contributed by atoms with van der Waals surface area (Å²) in [5.74, 6) is -1.61. The van der Waals surface area contributed by atoms with Gasteiger partial charge >= 0.3 is 0 Å². The highest BCUT2D eigenvalue weighted by atomic mass is 32.2. The molecule has 164 valence electrons. The molecule has 0 spiro atoms. The molecule has 0 bridgehead atoms. The van der Waals surface area contributed by atoms with Crippen LogP contribution in [0.3, 0.4) is 0 Å². The molecule has 1 N–H and O–H groups in total. The van der Waals surface area contributed by atoms with Crippen molar-refractivity contribution in [3.05, 3.63) is 81.5 Å². The minimum absolute atomic E-state index is 0.0165. The van der Waals surface area contributed by atoms with Crippen LogP contribution in [0.5, 0.6) is 0 Å². The van der Waals surface area contributed by atoms with Crippen molar-refractivity contribution < 1.29 is 13.6 Å². The summed E-state index contributed by atoms with van der Waals surface area (Å²) in [5.41, 5.74) is 1.82. The quantitative estimate of drug-likeness (QED) is 0.295. The molecule has 0 unspecified atom stereocenters. The lowest BCUT2D eigenvalue weighted by atomic mass is 10.0. The van der Waals surface area contributed by atoms with E-state index in [1.54, 1.807) is 17.5 Å². The van der Waals surface area contributed by atoms with Crippen molar-refractivity contribution in [3.8, 4) is 5.69 Å². The molecule has 2 aromatic carbocycles. The fourth-order valence-corrected chi connectivity index (χ4v) is 4.76. The SMILES string of the molecule is CC(C)c1cccc(NC(=O)CSc2nc3ccsc3c(=O)n2-c2cc(F)cc(F)c2)c1. The second-order valence-electron chi connectivity index (χ2n) is 7.41. The molecule has 9 heteroatoms. The van der Waals surface area contributed by atoms with Crippen LogP contribution in [0, 0.1) is 11.6 Å². The summed E-state index contributed by atoms with van der Waals surface area (Å²) in [6.45, 7) is 4.13. The number of thioether (sulfide) groups is 1. The summed E-state index contributed by atoms with van der Waals surface area (Å²) in [6.07, 6.45) is 0. The molecule has 0 saturated heterocycles. The van der Waals surface area contributed by atoms with Crippen LogP contribution in [0.15, 0.2) is 63.9 Å². The zero-order valence-corrected chi connectivity index (χ0v) is 18.9. The number of benzene rings is 2. The fourth-order valence-electron chi connectivity index (χ4n) is 3.19. The van der Waals surface area contributed by atoms with E-state index in [2.05, 4.69) is 24.1 Å². The molecular weight excluding hydrogens is 452 g/mol. The number of carbonyl (C=O) groups is 1. The summed E-state index contributed by atoms with van der Waals surface area (Å²) in [7, 11) is 0. The first-order valence-corrected chi connectivity index (χ1v) is 11.7. The van der Waals surface area contributed by atoms with E-state index in [4.69, 9.17) is 0 Å². The third kappa shape index (κ3) is 4.73. The third-order valence-corrected chi connectivity index (χ3v) is 6.55. The average molecular weight is 472 g/mol. The average Bonchev–Trinajstić information content (AvgIpc) is 3.21. The van der Waals surface area contributed by atoms with Crippen molar-refractivity contribution in [1.29, 1.82) is 0 Å². The summed E-state index contributed by atoms with van der Waals surface area (Å²) in [5, 5.41) is 4.74. The van der Waals surface area contributed by atoms with Gasteiger partial charge < -0.3 is 5.32 Å².